The maximum atomic E-state index is 12.5. The van der Waals surface area contributed by atoms with Crippen LogP contribution in [0.25, 0.3) is 11.1 Å². The number of nitrogens with one attached hydrogen (secondary N) is 1. The number of hydrogen-bond acceptors (Lipinski definition) is 4. The van der Waals surface area contributed by atoms with Gasteiger partial charge in [-0.1, -0.05) is 69.0 Å². The van der Waals surface area contributed by atoms with Gasteiger partial charge in [0, 0.05) is 5.92 Å². The van der Waals surface area contributed by atoms with E-state index in [1.54, 1.807) is 0 Å². The van der Waals surface area contributed by atoms with E-state index in [0.29, 0.717) is 6.42 Å². The number of benzene rings is 2. The summed E-state index contributed by atoms with van der Waals surface area (Å²) in [4.78, 5) is 24.9. The first-order valence-corrected chi connectivity index (χ1v) is 9.29. The van der Waals surface area contributed by atoms with Crippen molar-refractivity contribution < 1.29 is 14.3 Å². The SMILES string of the molecule is C=CN[C@@H](CC(C)C)C(=O)C(=O)OCC1c2ccccc2-c2ccccc21. The second-order valence-corrected chi connectivity index (χ2v) is 7.24. The number of esters is 1. The molecule has 0 spiro atoms. The van der Waals surface area contributed by atoms with Crippen LogP contribution in [0.1, 0.15) is 37.3 Å². The first kappa shape index (κ1) is 18.9. The standard InChI is InChI=1S/C23H25NO3/c1-4-24-21(13-15(2)3)22(25)23(26)27-14-20-18-11-7-5-9-16(18)17-10-6-8-12-19(17)20/h4-12,15,20-21,24H,1,13-14H2,2-3H3/t21-/m0/s1. The van der Waals surface area contributed by atoms with E-state index in [2.05, 4.69) is 36.2 Å². The van der Waals surface area contributed by atoms with E-state index in [1.165, 1.54) is 6.20 Å². The number of carbonyl (C=O) groups is 2. The highest BCUT2D eigenvalue weighted by Gasteiger charge is 2.31. The molecule has 0 saturated carbocycles. The molecule has 0 aliphatic heterocycles. The van der Waals surface area contributed by atoms with Crippen LogP contribution < -0.4 is 5.32 Å². The van der Waals surface area contributed by atoms with Crippen molar-refractivity contribution in [3.05, 3.63) is 72.4 Å². The van der Waals surface area contributed by atoms with Crippen molar-refractivity contribution in [3.63, 3.8) is 0 Å². The van der Waals surface area contributed by atoms with Gasteiger partial charge in [-0.2, -0.15) is 0 Å². The van der Waals surface area contributed by atoms with Gasteiger partial charge in [0.25, 0.3) is 5.78 Å². The smallest absolute Gasteiger partial charge is 0.376 e. The Bertz CT molecular complexity index is 811. The number of Topliss-reactive ketones (excluding diaryl/α,β-unsaturated/α-hetero) is 1. The number of rotatable bonds is 8. The Labute approximate surface area is 160 Å². The predicted molar refractivity (Wildman–Crippen MR) is 106 cm³/mol. The molecule has 140 valence electrons. The fraction of sp³-hybridized carbons (Fsp3) is 0.304. The van der Waals surface area contributed by atoms with Gasteiger partial charge in [-0.15, -0.1) is 0 Å². The van der Waals surface area contributed by atoms with Crippen molar-refractivity contribution in [1.29, 1.82) is 0 Å². The van der Waals surface area contributed by atoms with E-state index in [0.717, 1.165) is 22.3 Å². The lowest BCUT2D eigenvalue weighted by Crippen LogP contribution is -2.40. The number of fused-ring (bicyclic) bond motifs is 3. The van der Waals surface area contributed by atoms with Gasteiger partial charge in [-0.25, -0.2) is 4.79 Å². The van der Waals surface area contributed by atoms with Crippen molar-refractivity contribution in [2.45, 2.75) is 32.2 Å². The molecule has 0 unspecified atom stereocenters. The van der Waals surface area contributed by atoms with Crippen molar-refractivity contribution in [1.82, 2.24) is 5.32 Å². The third-order valence-corrected chi connectivity index (χ3v) is 4.89. The number of ether oxygens (including phenoxy) is 1. The highest BCUT2D eigenvalue weighted by molar-refractivity contribution is 6.35. The molecule has 2 aromatic rings. The maximum Gasteiger partial charge on any atom is 0.376 e. The summed E-state index contributed by atoms with van der Waals surface area (Å²) in [6, 6.07) is 15.6. The zero-order valence-corrected chi connectivity index (χ0v) is 15.8. The molecule has 1 aliphatic carbocycles. The summed E-state index contributed by atoms with van der Waals surface area (Å²) in [6.45, 7) is 7.75. The fourth-order valence-corrected chi connectivity index (χ4v) is 3.68. The molecule has 4 nitrogen and oxygen atoms in total. The van der Waals surface area contributed by atoms with E-state index in [-0.39, 0.29) is 18.4 Å². The Balaban J connectivity index is 1.73. The van der Waals surface area contributed by atoms with E-state index < -0.39 is 17.8 Å². The average molecular weight is 363 g/mol. The minimum atomic E-state index is -0.795. The highest BCUT2D eigenvalue weighted by atomic mass is 16.5. The molecule has 2 aromatic carbocycles. The second kappa shape index (κ2) is 8.21. The van der Waals surface area contributed by atoms with Crippen LogP contribution in [-0.2, 0) is 14.3 Å². The molecule has 27 heavy (non-hydrogen) atoms. The Kier molecular flexibility index (Phi) is 5.75. The van der Waals surface area contributed by atoms with Crippen LogP contribution in [0.15, 0.2) is 61.3 Å². The second-order valence-electron chi connectivity index (χ2n) is 7.24. The third-order valence-electron chi connectivity index (χ3n) is 4.89. The summed E-state index contributed by atoms with van der Waals surface area (Å²) in [5, 5.41) is 2.87. The lowest BCUT2D eigenvalue weighted by molar-refractivity contribution is -0.155. The Hall–Kier alpha value is -2.88. The van der Waals surface area contributed by atoms with Gasteiger partial charge in [-0.3, -0.25) is 4.79 Å². The molecule has 0 heterocycles. The summed E-state index contributed by atoms with van der Waals surface area (Å²) in [6.07, 6.45) is 2.00. The summed E-state index contributed by atoms with van der Waals surface area (Å²) < 4.78 is 5.45. The molecule has 0 bridgehead atoms. The molecule has 0 amide bonds. The molecule has 0 fully saturated rings. The Morgan fingerprint density at radius 3 is 2.15 bits per heavy atom. The van der Waals surface area contributed by atoms with Gasteiger partial charge in [0.1, 0.15) is 6.61 Å². The largest absolute Gasteiger partial charge is 0.459 e. The van der Waals surface area contributed by atoms with E-state index in [9.17, 15) is 9.59 Å². The average Bonchev–Trinajstić information content (AvgIpc) is 2.99. The zero-order valence-electron chi connectivity index (χ0n) is 15.8. The fourth-order valence-electron chi connectivity index (χ4n) is 3.68. The molecule has 3 rings (SSSR count). The van der Waals surface area contributed by atoms with Crippen LogP contribution in [0.4, 0.5) is 0 Å². The zero-order chi connectivity index (χ0) is 19.4. The van der Waals surface area contributed by atoms with Crippen LogP contribution in [0.2, 0.25) is 0 Å². The van der Waals surface area contributed by atoms with Gasteiger partial charge in [0.05, 0.1) is 6.04 Å². The molecule has 1 atom stereocenters. The van der Waals surface area contributed by atoms with Gasteiger partial charge in [0.15, 0.2) is 0 Å². The topological polar surface area (TPSA) is 55.4 Å². The highest BCUT2D eigenvalue weighted by Crippen LogP contribution is 2.44. The lowest BCUT2D eigenvalue weighted by atomic mass is 9.98. The van der Waals surface area contributed by atoms with Crippen molar-refractivity contribution in [2.75, 3.05) is 6.61 Å². The maximum absolute atomic E-state index is 12.5. The number of ketones is 1. The molecule has 0 radical (unpaired) electrons. The molecule has 0 saturated heterocycles. The Morgan fingerprint density at radius 1 is 1.07 bits per heavy atom. The van der Waals surface area contributed by atoms with Gasteiger partial charge < -0.3 is 10.1 Å². The normalized spacial score (nSPS) is 13.6. The first-order chi connectivity index (χ1) is 13.0. The van der Waals surface area contributed by atoms with Crippen LogP contribution in [0.3, 0.4) is 0 Å². The summed E-state index contributed by atoms with van der Waals surface area (Å²) in [5.41, 5.74) is 4.57. The predicted octanol–water partition coefficient (Wildman–Crippen LogP) is 4.06. The van der Waals surface area contributed by atoms with Crippen LogP contribution in [0.5, 0.6) is 0 Å². The van der Waals surface area contributed by atoms with Gasteiger partial charge in [-0.05, 0) is 40.8 Å². The van der Waals surface area contributed by atoms with Crippen molar-refractivity contribution in [2.24, 2.45) is 5.92 Å². The summed E-state index contributed by atoms with van der Waals surface area (Å²) in [7, 11) is 0. The van der Waals surface area contributed by atoms with E-state index in [4.69, 9.17) is 4.74 Å². The molecular weight excluding hydrogens is 338 g/mol. The van der Waals surface area contributed by atoms with Crippen LogP contribution in [0, 0.1) is 5.92 Å². The minimum Gasteiger partial charge on any atom is -0.459 e. The van der Waals surface area contributed by atoms with Gasteiger partial charge in [0.2, 0.25) is 0 Å². The van der Waals surface area contributed by atoms with Crippen LogP contribution in [-0.4, -0.2) is 24.4 Å². The van der Waals surface area contributed by atoms with E-state index >= 15 is 0 Å². The molecule has 1 N–H and O–H groups in total. The summed E-state index contributed by atoms with van der Waals surface area (Å²) in [5.74, 6) is -1.13. The molecule has 1 aliphatic rings. The summed E-state index contributed by atoms with van der Waals surface area (Å²) >= 11 is 0. The van der Waals surface area contributed by atoms with Gasteiger partial charge >= 0.3 is 5.97 Å². The number of hydrogen-bond donors (Lipinski definition) is 1. The number of carbonyl (C=O) groups excluding carboxylic acids is 2. The molecule has 0 aromatic heterocycles. The third kappa shape index (κ3) is 3.95. The molecular formula is C23H25NO3. The van der Waals surface area contributed by atoms with Crippen LogP contribution >= 0.6 is 0 Å². The Morgan fingerprint density at radius 2 is 1.63 bits per heavy atom. The lowest BCUT2D eigenvalue weighted by Gasteiger charge is -2.18. The van der Waals surface area contributed by atoms with E-state index in [1.807, 2.05) is 38.1 Å². The van der Waals surface area contributed by atoms with Crippen molar-refractivity contribution >= 4 is 11.8 Å². The minimum absolute atomic E-state index is 0.0509. The quantitative estimate of drug-likeness (QED) is 0.568. The van der Waals surface area contributed by atoms with Crippen molar-refractivity contribution in [3.8, 4) is 11.1 Å². The first-order valence-electron chi connectivity index (χ1n) is 9.29. The molecule has 4 heteroatoms. The monoisotopic (exact) mass is 363 g/mol.